The number of ketones is 1. The van der Waals surface area contributed by atoms with Gasteiger partial charge in [-0.3, -0.25) is 4.79 Å². The van der Waals surface area contributed by atoms with E-state index in [2.05, 4.69) is 58.3 Å². The molecule has 1 aliphatic heterocycles. The molecule has 1 saturated heterocycles. The van der Waals surface area contributed by atoms with Crippen LogP contribution < -0.4 is 4.90 Å². The van der Waals surface area contributed by atoms with Gasteiger partial charge in [0.15, 0.2) is 11.4 Å². The number of Topliss-reactive ketones (excluding diaryl/α,β-unsaturated/α-hetero) is 1. The molecule has 3 heterocycles. The standard InChI is InChI=1S/C20H22N4O/c1-14-11-17(12-24-19(14)21-18(22-24)15(2)25)23-10-9-20(3,13-23)16-7-5-4-6-8-16/h4-8,11-12H,9-10,13H2,1-3H3/t20-/m0/s1. The van der Waals surface area contributed by atoms with Crippen molar-refractivity contribution >= 4 is 17.1 Å². The molecule has 0 spiro atoms. The van der Waals surface area contributed by atoms with Gasteiger partial charge in [-0.2, -0.15) is 0 Å². The SMILES string of the molecule is CC(=O)c1nc2c(C)cc(N3CC[C@](C)(c4ccccc4)C3)cn2n1. The molecule has 4 rings (SSSR count). The zero-order valence-corrected chi connectivity index (χ0v) is 14.9. The summed E-state index contributed by atoms with van der Waals surface area (Å²) >= 11 is 0. The van der Waals surface area contributed by atoms with Crippen LogP contribution >= 0.6 is 0 Å². The van der Waals surface area contributed by atoms with Gasteiger partial charge in [0.2, 0.25) is 5.82 Å². The van der Waals surface area contributed by atoms with E-state index < -0.39 is 0 Å². The molecule has 2 aromatic heterocycles. The summed E-state index contributed by atoms with van der Waals surface area (Å²) in [5.74, 6) is 0.165. The Labute approximate surface area is 147 Å². The highest BCUT2D eigenvalue weighted by atomic mass is 16.1. The number of nitrogens with zero attached hydrogens (tertiary/aromatic N) is 4. The van der Waals surface area contributed by atoms with Crippen LogP contribution in [0.4, 0.5) is 5.69 Å². The first-order chi connectivity index (χ1) is 12.0. The van der Waals surface area contributed by atoms with Gasteiger partial charge in [-0.1, -0.05) is 37.3 Å². The van der Waals surface area contributed by atoms with Gasteiger partial charge in [0.1, 0.15) is 0 Å². The molecular weight excluding hydrogens is 312 g/mol. The molecular formula is C20H22N4O. The van der Waals surface area contributed by atoms with Crippen LogP contribution in [0.2, 0.25) is 0 Å². The topological polar surface area (TPSA) is 50.5 Å². The predicted octanol–water partition coefficient (Wildman–Crippen LogP) is 3.41. The highest BCUT2D eigenvalue weighted by Gasteiger charge is 2.35. The van der Waals surface area contributed by atoms with E-state index in [0.29, 0.717) is 0 Å². The minimum absolute atomic E-state index is 0.109. The van der Waals surface area contributed by atoms with Crippen molar-refractivity contribution < 1.29 is 4.79 Å². The largest absolute Gasteiger partial charge is 0.369 e. The van der Waals surface area contributed by atoms with Crippen molar-refractivity contribution in [3.05, 3.63) is 59.5 Å². The van der Waals surface area contributed by atoms with Crippen LogP contribution in [0, 0.1) is 6.92 Å². The first kappa shape index (κ1) is 15.8. The van der Waals surface area contributed by atoms with Gasteiger partial charge in [0.05, 0.1) is 11.9 Å². The number of hydrogen-bond donors (Lipinski definition) is 0. The lowest BCUT2D eigenvalue weighted by Gasteiger charge is -2.26. The Kier molecular flexibility index (Phi) is 3.60. The zero-order chi connectivity index (χ0) is 17.6. The van der Waals surface area contributed by atoms with Crippen molar-refractivity contribution in [3.8, 4) is 0 Å². The molecule has 0 bridgehead atoms. The summed E-state index contributed by atoms with van der Waals surface area (Å²) in [5.41, 5.74) is 4.45. The highest BCUT2D eigenvalue weighted by Crippen LogP contribution is 2.36. The third-order valence-corrected chi connectivity index (χ3v) is 5.23. The molecule has 5 heteroatoms. The summed E-state index contributed by atoms with van der Waals surface area (Å²) in [7, 11) is 0. The molecule has 0 unspecified atom stereocenters. The Hall–Kier alpha value is -2.69. The number of fused-ring (bicyclic) bond motifs is 1. The molecule has 0 aliphatic carbocycles. The molecule has 25 heavy (non-hydrogen) atoms. The van der Waals surface area contributed by atoms with Gasteiger partial charge in [-0.05, 0) is 30.5 Å². The van der Waals surface area contributed by atoms with Gasteiger partial charge in [-0.25, -0.2) is 9.50 Å². The minimum Gasteiger partial charge on any atom is -0.369 e. The van der Waals surface area contributed by atoms with E-state index >= 15 is 0 Å². The summed E-state index contributed by atoms with van der Waals surface area (Å²) < 4.78 is 1.74. The number of aryl methyl sites for hydroxylation is 1. The average molecular weight is 334 g/mol. The first-order valence-corrected chi connectivity index (χ1v) is 8.65. The Morgan fingerprint density at radius 1 is 1.24 bits per heavy atom. The fourth-order valence-electron chi connectivity index (χ4n) is 3.71. The third-order valence-electron chi connectivity index (χ3n) is 5.23. The van der Waals surface area contributed by atoms with E-state index in [9.17, 15) is 4.79 Å². The van der Waals surface area contributed by atoms with Gasteiger partial charge >= 0.3 is 0 Å². The van der Waals surface area contributed by atoms with Crippen LogP contribution in [-0.4, -0.2) is 33.5 Å². The van der Waals surface area contributed by atoms with E-state index in [-0.39, 0.29) is 17.0 Å². The Morgan fingerprint density at radius 2 is 2.00 bits per heavy atom. The van der Waals surface area contributed by atoms with Gasteiger partial charge in [0.25, 0.3) is 0 Å². The van der Waals surface area contributed by atoms with Crippen molar-refractivity contribution in [2.75, 3.05) is 18.0 Å². The molecule has 0 amide bonds. The number of pyridine rings is 1. The fourth-order valence-corrected chi connectivity index (χ4v) is 3.71. The van der Waals surface area contributed by atoms with E-state index in [1.807, 2.05) is 13.1 Å². The minimum atomic E-state index is -0.109. The Bertz CT molecular complexity index is 947. The van der Waals surface area contributed by atoms with Crippen molar-refractivity contribution in [1.82, 2.24) is 14.6 Å². The summed E-state index contributed by atoms with van der Waals surface area (Å²) in [4.78, 5) is 18.3. The predicted molar refractivity (Wildman–Crippen MR) is 98.4 cm³/mol. The Morgan fingerprint density at radius 3 is 2.72 bits per heavy atom. The summed E-state index contributed by atoms with van der Waals surface area (Å²) in [6.45, 7) is 7.82. The van der Waals surface area contributed by atoms with Gasteiger partial charge in [-0.15, -0.1) is 5.10 Å². The lowest BCUT2D eigenvalue weighted by Crippen LogP contribution is -2.28. The van der Waals surface area contributed by atoms with Crippen molar-refractivity contribution in [2.24, 2.45) is 0 Å². The molecule has 5 nitrogen and oxygen atoms in total. The Balaban J connectivity index is 1.68. The van der Waals surface area contributed by atoms with Crippen molar-refractivity contribution in [3.63, 3.8) is 0 Å². The lowest BCUT2D eigenvalue weighted by molar-refractivity contribution is 0.100. The summed E-state index contributed by atoms with van der Waals surface area (Å²) in [5, 5.41) is 4.33. The zero-order valence-electron chi connectivity index (χ0n) is 14.9. The second kappa shape index (κ2) is 5.69. The number of benzene rings is 1. The van der Waals surface area contributed by atoms with E-state index in [1.54, 1.807) is 4.52 Å². The average Bonchev–Trinajstić information content (AvgIpc) is 3.21. The van der Waals surface area contributed by atoms with Gasteiger partial charge < -0.3 is 4.90 Å². The number of carbonyl (C=O) groups excluding carboxylic acids is 1. The maximum Gasteiger partial charge on any atom is 0.217 e. The highest BCUT2D eigenvalue weighted by molar-refractivity contribution is 5.90. The summed E-state index contributed by atoms with van der Waals surface area (Å²) in [6.07, 6.45) is 3.10. The first-order valence-electron chi connectivity index (χ1n) is 8.65. The number of rotatable bonds is 3. The lowest BCUT2D eigenvalue weighted by atomic mass is 9.82. The van der Waals surface area contributed by atoms with Crippen LogP contribution in [0.1, 0.15) is 42.0 Å². The maximum atomic E-state index is 11.6. The van der Waals surface area contributed by atoms with Crippen LogP contribution in [0.15, 0.2) is 42.6 Å². The number of carbonyl (C=O) groups is 1. The van der Waals surface area contributed by atoms with E-state index in [4.69, 9.17) is 0 Å². The molecule has 1 fully saturated rings. The number of aromatic nitrogens is 3. The second-order valence-corrected chi connectivity index (χ2v) is 7.24. The van der Waals surface area contributed by atoms with Crippen LogP contribution in [0.5, 0.6) is 0 Å². The van der Waals surface area contributed by atoms with Crippen LogP contribution in [0.3, 0.4) is 0 Å². The van der Waals surface area contributed by atoms with Crippen LogP contribution in [0.25, 0.3) is 5.65 Å². The molecule has 1 aromatic carbocycles. The van der Waals surface area contributed by atoms with Crippen molar-refractivity contribution in [1.29, 1.82) is 0 Å². The number of anilines is 1. The summed E-state index contributed by atoms with van der Waals surface area (Å²) in [6, 6.07) is 12.9. The molecule has 0 radical (unpaired) electrons. The molecule has 0 saturated carbocycles. The second-order valence-electron chi connectivity index (χ2n) is 7.24. The molecule has 1 atom stereocenters. The third kappa shape index (κ3) is 2.69. The monoisotopic (exact) mass is 334 g/mol. The molecule has 1 aliphatic rings. The normalized spacial score (nSPS) is 20.4. The molecule has 3 aromatic rings. The van der Waals surface area contributed by atoms with Crippen LogP contribution in [-0.2, 0) is 5.41 Å². The quantitative estimate of drug-likeness (QED) is 0.689. The van der Waals surface area contributed by atoms with Gasteiger partial charge in [0, 0.05) is 25.4 Å². The molecule has 128 valence electrons. The fraction of sp³-hybridized carbons (Fsp3) is 0.350. The van der Waals surface area contributed by atoms with E-state index in [1.165, 1.54) is 12.5 Å². The maximum absolute atomic E-state index is 11.6. The number of hydrogen-bond acceptors (Lipinski definition) is 4. The smallest absolute Gasteiger partial charge is 0.217 e. The van der Waals surface area contributed by atoms with E-state index in [0.717, 1.165) is 36.4 Å². The van der Waals surface area contributed by atoms with Crippen molar-refractivity contribution in [2.45, 2.75) is 32.6 Å². The molecule has 0 N–H and O–H groups in total.